The largest absolute Gasteiger partial charge is 0.416 e. The number of benzene rings is 2. The average molecular weight is 387 g/mol. The molecule has 0 bridgehead atoms. The normalized spacial score (nSPS) is 21.9. The zero-order chi connectivity index (χ0) is 19.6. The van der Waals surface area contributed by atoms with Crippen molar-refractivity contribution in [2.75, 3.05) is 13.2 Å². The van der Waals surface area contributed by atoms with Gasteiger partial charge in [0.2, 0.25) is 0 Å². The zero-order valence-corrected chi connectivity index (χ0v) is 14.4. The van der Waals surface area contributed by atoms with E-state index in [1.165, 1.54) is 19.1 Å². The van der Waals surface area contributed by atoms with E-state index in [-0.39, 0.29) is 5.56 Å². The second-order valence-electron chi connectivity index (χ2n) is 6.23. The highest BCUT2D eigenvalue weighted by molar-refractivity contribution is 5.29. The van der Waals surface area contributed by atoms with Crippen LogP contribution in [0.25, 0.3) is 0 Å². The van der Waals surface area contributed by atoms with Gasteiger partial charge in [-0.05, 0) is 42.8 Å². The number of rotatable bonds is 4. The maximum Gasteiger partial charge on any atom is 0.416 e. The Morgan fingerprint density at radius 3 is 2.48 bits per heavy atom. The Bertz CT molecular complexity index is 779. The molecule has 1 fully saturated rings. The Morgan fingerprint density at radius 1 is 1.11 bits per heavy atom. The lowest BCUT2D eigenvalue weighted by atomic mass is 10.0. The van der Waals surface area contributed by atoms with Crippen molar-refractivity contribution in [1.29, 1.82) is 0 Å². The van der Waals surface area contributed by atoms with Gasteiger partial charge in [-0.25, -0.2) is 8.78 Å². The second-order valence-corrected chi connectivity index (χ2v) is 6.23. The maximum atomic E-state index is 14.1. The van der Waals surface area contributed by atoms with E-state index in [2.05, 4.69) is 5.32 Å². The lowest BCUT2D eigenvalue weighted by molar-refractivity contribution is -0.200. The van der Waals surface area contributed by atoms with Crippen LogP contribution in [0, 0.1) is 11.6 Å². The summed E-state index contributed by atoms with van der Waals surface area (Å²) in [5, 5.41) is 3.17. The van der Waals surface area contributed by atoms with Gasteiger partial charge in [0, 0.05) is 12.1 Å². The summed E-state index contributed by atoms with van der Waals surface area (Å²) in [6.07, 6.45) is -6.44. The van der Waals surface area contributed by atoms with Crippen LogP contribution in [0.3, 0.4) is 0 Å². The molecule has 0 unspecified atom stereocenters. The van der Waals surface area contributed by atoms with Gasteiger partial charge in [0.1, 0.15) is 11.6 Å². The number of hydrogen-bond acceptors (Lipinski definition) is 3. The number of ether oxygens (including phenoxy) is 2. The molecule has 8 heteroatoms. The molecule has 1 heterocycles. The van der Waals surface area contributed by atoms with E-state index in [1.54, 1.807) is 12.1 Å². The first-order valence-corrected chi connectivity index (χ1v) is 8.38. The summed E-state index contributed by atoms with van der Waals surface area (Å²) in [6, 6.07) is 7.44. The molecule has 1 N–H and O–H groups in total. The molecule has 0 radical (unpaired) electrons. The Hall–Kier alpha value is -2.03. The lowest BCUT2D eigenvalue weighted by Gasteiger charge is -2.34. The third-order valence-electron chi connectivity index (χ3n) is 4.35. The van der Waals surface area contributed by atoms with Crippen LogP contribution < -0.4 is 5.32 Å². The molecule has 1 aliphatic heterocycles. The minimum atomic E-state index is -4.58. The standard InChI is InChI=1S/C19H18F5NO2/c1-11(15-10-13(19(22,23)24)4-7-16(15)21)27-18-17(25-8-9-26-18)12-2-5-14(20)6-3-12/h2-7,10-11,17-18,25H,8-9H2,1H3/t11-,17+,18-/m1/s1. The molecule has 0 aromatic heterocycles. The van der Waals surface area contributed by atoms with Gasteiger partial charge in [0.15, 0.2) is 6.29 Å². The Labute approximate surface area is 153 Å². The van der Waals surface area contributed by atoms with Crippen molar-refractivity contribution in [3.63, 3.8) is 0 Å². The topological polar surface area (TPSA) is 30.5 Å². The Kier molecular flexibility index (Phi) is 5.78. The number of morpholine rings is 1. The van der Waals surface area contributed by atoms with Crippen LogP contribution in [-0.4, -0.2) is 19.4 Å². The van der Waals surface area contributed by atoms with Crippen molar-refractivity contribution < 1.29 is 31.4 Å². The molecule has 2 aromatic carbocycles. The molecule has 3 atom stereocenters. The molecule has 2 aromatic rings. The summed E-state index contributed by atoms with van der Waals surface area (Å²) in [4.78, 5) is 0. The van der Waals surface area contributed by atoms with Gasteiger partial charge < -0.3 is 14.8 Å². The lowest BCUT2D eigenvalue weighted by Crippen LogP contribution is -2.43. The third kappa shape index (κ3) is 4.63. The van der Waals surface area contributed by atoms with E-state index in [0.29, 0.717) is 24.8 Å². The first-order chi connectivity index (χ1) is 12.8. The Morgan fingerprint density at radius 2 is 1.81 bits per heavy atom. The fraction of sp³-hybridized carbons (Fsp3) is 0.368. The highest BCUT2D eigenvalue weighted by Crippen LogP contribution is 2.34. The fourth-order valence-corrected chi connectivity index (χ4v) is 2.95. The minimum absolute atomic E-state index is 0.211. The minimum Gasteiger partial charge on any atom is -0.349 e. The van der Waals surface area contributed by atoms with Crippen LogP contribution in [0.15, 0.2) is 42.5 Å². The first kappa shape index (κ1) is 19.7. The molecule has 27 heavy (non-hydrogen) atoms. The van der Waals surface area contributed by atoms with Crippen molar-refractivity contribution in [2.24, 2.45) is 0 Å². The predicted molar refractivity (Wildman–Crippen MR) is 87.8 cm³/mol. The van der Waals surface area contributed by atoms with Gasteiger partial charge in [0.05, 0.1) is 24.3 Å². The summed E-state index contributed by atoms with van der Waals surface area (Å²) >= 11 is 0. The number of alkyl halides is 3. The second kappa shape index (κ2) is 7.92. The molecule has 1 aliphatic rings. The van der Waals surface area contributed by atoms with E-state index in [4.69, 9.17) is 9.47 Å². The fourth-order valence-electron chi connectivity index (χ4n) is 2.95. The zero-order valence-electron chi connectivity index (χ0n) is 14.4. The molecule has 146 valence electrons. The third-order valence-corrected chi connectivity index (χ3v) is 4.35. The van der Waals surface area contributed by atoms with Crippen LogP contribution in [0.4, 0.5) is 22.0 Å². The number of halogens is 5. The summed E-state index contributed by atoms with van der Waals surface area (Å²) in [6.45, 7) is 2.30. The van der Waals surface area contributed by atoms with Crippen molar-refractivity contribution in [2.45, 2.75) is 31.5 Å². The maximum absolute atomic E-state index is 14.1. The van der Waals surface area contributed by atoms with Crippen LogP contribution >= 0.6 is 0 Å². The van der Waals surface area contributed by atoms with E-state index >= 15 is 0 Å². The monoisotopic (exact) mass is 387 g/mol. The molecule has 3 nitrogen and oxygen atoms in total. The molecular formula is C19H18F5NO2. The summed E-state index contributed by atoms with van der Waals surface area (Å²) in [5.41, 5.74) is -0.471. The van der Waals surface area contributed by atoms with Crippen LogP contribution in [0.5, 0.6) is 0 Å². The van der Waals surface area contributed by atoms with Gasteiger partial charge in [-0.2, -0.15) is 13.2 Å². The Balaban J connectivity index is 1.81. The molecule has 0 spiro atoms. The molecule has 0 amide bonds. The quantitative estimate of drug-likeness (QED) is 0.769. The van der Waals surface area contributed by atoms with Gasteiger partial charge in [-0.15, -0.1) is 0 Å². The van der Waals surface area contributed by atoms with E-state index < -0.39 is 41.8 Å². The SMILES string of the molecule is C[C@@H](O[C@H]1OCCN[C@H]1c1ccc(F)cc1)c1cc(C(F)(F)F)ccc1F. The van der Waals surface area contributed by atoms with E-state index in [1.807, 2.05) is 0 Å². The summed E-state index contributed by atoms with van der Waals surface area (Å²) in [7, 11) is 0. The van der Waals surface area contributed by atoms with Crippen LogP contribution in [0.1, 0.15) is 35.8 Å². The average Bonchev–Trinajstić information content (AvgIpc) is 2.62. The molecule has 1 saturated heterocycles. The van der Waals surface area contributed by atoms with Crippen molar-refractivity contribution >= 4 is 0 Å². The van der Waals surface area contributed by atoms with Gasteiger partial charge in [-0.3, -0.25) is 0 Å². The van der Waals surface area contributed by atoms with E-state index in [9.17, 15) is 22.0 Å². The molecule has 0 saturated carbocycles. The highest BCUT2D eigenvalue weighted by Gasteiger charge is 2.33. The molecular weight excluding hydrogens is 369 g/mol. The molecule has 3 rings (SSSR count). The van der Waals surface area contributed by atoms with E-state index in [0.717, 1.165) is 12.1 Å². The number of nitrogens with one attached hydrogen (secondary N) is 1. The number of hydrogen-bond donors (Lipinski definition) is 1. The van der Waals surface area contributed by atoms with Crippen molar-refractivity contribution in [3.05, 3.63) is 70.8 Å². The summed E-state index contributed by atoms with van der Waals surface area (Å²) < 4.78 is 77.3. The van der Waals surface area contributed by atoms with Gasteiger partial charge in [-0.1, -0.05) is 12.1 Å². The van der Waals surface area contributed by atoms with Crippen LogP contribution in [-0.2, 0) is 15.7 Å². The molecule has 0 aliphatic carbocycles. The predicted octanol–water partition coefficient (Wildman–Crippen LogP) is 4.75. The van der Waals surface area contributed by atoms with Crippen molar-refractivity contribution in [3.8, 4) is 0 Å². The summed E-state index contributed by atoms with van der Waals surface area (Å²) in [5.74, 6) is -1.19. The van der Waals surface area contributed by atoms with Gasteiger partial charge in [0.25, 0.3) is 0 Å². The smallest absolute Gasteiger partial charge is 0.349 e. The van der Waals surface area contributed by atoms with Crippen molar-refractivity contribution in [1.82, 2.24) is 5.32 Å². The highest BCUT2D eigenvalue weighted by atomic mass is 19.4. The van der Waals surface area contributed by atoms with Crippen LogP contribution in [0.2, 0.25) is 0 Å². The van der Waals surface area contributed by atoms with Gasteiger partial charge >= 0.3 is 6.18 Å². The first-order valence-electron chi connectivity index (χ1n) is 8.38.